The average Bonchev–Trinajstić information content (AvgIpc) is 3.19. The van der Waals surface area contributed by atoms with E-state index in [1.165, 1.54) is 14.0 Å². The second kappa shape index (κ2) is 21.6. The van der Waals surface area contributed by atoms with E-state index in [4.69, 9.17) is 51.6 Å². The van der Waals surface area contributed by atoms with E-state index in [0.29, 0.717) is 36.0 Å². The van der Waals surface area contributed by atoms with Crippen LogP contribution in [0.2, 0.25) is 10.0 Å². The van der Waals surface area contributed by atoms with Crippen molar-refractivity contribution in [3.8, 4) is 0 Å². The number of hydrogen-bond donors (Lipinski definition) is 6. The highest BCUT2D eigenvalue weighted by Crippen LogP contribution is 2.44. The minimum atomic E-state index is -1.77. The molecule has 0 aliphatic carbocycles. The van der Waals surface area contributed by atoms with E-state index in [-0.39, 0.29) is 37.6 Å². The normalized spacial score (nSPS) is 42.8. The molecule has 6 N–H and O–H groups in total. The van der Waals surface area contributed by atoms with Gasteiger partial charge in [0.2, 0.25) is 0 Å². The molecule has 358 valence electrons. The lowest BCUT2D eigenvalue weighted by Crippen LogP contribution is -2.70. The van der Waals surface area contributed by atoms with E-state index in [0.717, 1.165) is 5.56 Å². The molecule has 0 bridgehead atoms. The Morgan fingerprint density at radius 1 is 0.968 bits per heavy atom. The van der Waals surface area contributed by atoms with E-state index in [2.05, 4.69) is 31.4 Å². The molecule has 1 aromatic carbocycles. The van der Waals surface area contributed by atoms with Gasteiger partial charge in [0.15, 0.2) is 12.6 Å². The maximum atomic E-state index is 14.5. The molecule has 0 amide bonds. The summed E-state index contributed by atoms with van der Waals surface area (Å²) in [5, 5.41) is 55.1. The Morgan fingerprint density at radius 3 is 2.23 bits per heavy atom. The highest BCUT2D eigenvalue weighted by molar-refractivity contribution is 6.42. The van der Waals surface area contributed by atoms with Crippen LogP contribution in [0.5, 0.6) is 0 Å². The third-order valence-corrected chi connectivity index (χ3v) is 14.9. The SMILES string of the molecule is CC[C@H]1OC(=O)[C@H](C)[C@H](O[C@@H]2C[C@](C)(OC)[C@@](O)(CNCc3ccc(Cl)c(Cl)c3)[C@H](C)O2)[C@H](C)[C@@H](O[C@@H]2O[C@H](C)C[C@H](N(C)C)[C@H]2O)C(C)(C)C[C@@H](C)NC[C@H](C)[C@@H](O)[C@]1(C)O. The van der Waals surface area contributed by atoms with Crippen molar-refractivity contribution in [2.45, 2.75) is 193 Å². The summed E-state index contributed by atoms with van der Waals surface area (Å²) in [6.45, 7) is 21.5. The monoisotopic (exact) mass is 920 g/mol. The Labute approximate surface area is 380 Å². The van der Waals surface area contributed by atoms with Gasteiger partial charge in [-0.2, -0.15) is 0 Å². The average molecular weight is 921 g/mol. The molecule has 0 aromatic heterocycles. The lowest BCUT2D eigenvalue weighted by molar-refractivity contribution is -0.334. The first-order valence-corrected chi connectivity index (χ1v) is 23.2. The van der Waals surface area contributed by atoms with Crippen molar-refractivity contribution >= 4 is 29.2 Å². The minimum absolute atomic E-state index is 0.0804. The number of cyclic esters (lactones) is 1. The predicted octanol–water partition coefficient (Wildman–Crippen LogP) is 5.30. The number of nitrogens with zero attached hydrogens (tertiary/aromatic N) is 1. The van der Waals surface area contributed by atoms with Crippen LogP contribution >= 0.6 is 23.2 Å². The van der Waals surface area contributed by atoms with Crippen molar-refractivity contribution in [2.75, 3.05) is 34.3 Å². The topological polar surface area (TPSA) is 181 Å². The van der Waals surface area contributed by atoms with Gasteiger partial charge < -0.3 is 64.4 Å². The third kappa shape index (κ3) is 12.0. The summed E-state index contributed by atoms with van der Waals surface area (Å²) < 4.78 is 39.2. The lowest BCUT2D eigenvalue weighted by atomic mass is 9.72. The fourth-order valence-electron chi connectivity index (χ4n) is 10.1. The maximum absolute atomic E-state index is 14.5. The number of likely N-dealkylation sites (N-methyl/N-ethyl adjacent to an activating group) is 1. The first-order valence-electron chi connectivity index (χ1n) is 22.5. The smallest absolute Gasteiger partial charge is 0.311 e. The zero-order chi connectivity index (χ0) is 46.7. The molecule has 0 spiro atoms. The number of esters is 1. The standard InChI is InChI=1S/C46H79Cl2N3O11/c1-15-35-45(11,55)39(53)25(2)22-50-26(3)20-43(8,9)40(62-42-37(52)34(51(12)13)18-27(4)58-42)28(5)38(29(6)41(54)60-35)61-36-21-44(10,57-14)46(56,30(7)59-36)24-49-23-31-16-17-32(47)33(48)19-31/h16-17,19,25-30,34-40,42,49-50,52-53,55-56H,15,18,20-24H2,1-14H3/t25-,26+,27+,28-,29+,30-,34-,35+,36+,37+,38+,39+,40+,42-,44-,45+,46+/m0/s1. The number of aliphatic hydroxyl groups excluding tert-OH is 2. The lowest BCUT2D eigenvalue weighted by Gasteiger charge is -2.54. The van der Waals surface area contributed by atoms with Crippen molar-refractivity contribution in [2.24, 2.45) is 23.2 Å². The van der Waals surface area contributed by atoms with Crippen LogP contribution in [0.3, 0.4) is 0 Å². The Morgan fingerprint density at radius 2 is 1.63 bits per heavy atom. The summed E-state index contributed by atoms with van der Waals surface area (Å²) in [5.41, 5.74) is -4.24. The molecule has 4 rings (SSSR count). The summed E-state index contributed by atoms with van der Waals surface area (Å²) in [4.78, 5) is 16.5. The summed E-state index contributed by atoms with van der Waals surface area (Å²) in [5.74, 6) is -2.56. The molecule has 62 heavy (non-hydrogen) atoms. The van der Waals surface area contributed by atoms with Gasteiger partial charge >= 0.3 is 5.97 Å². The molecule has 16 heteroatoms. The quantitative estimate of drug-likeness (QED) is 0.158. The number of benzene rings is 1. The first-order chi connectivity index (χ1) is 28.7. The fraction of sp³-hybridized carbons (Fsp3) is 0.848. The summed E-state index contributed by atoms with van der Waals surface area (Å²) >= 11 is 12.4. The zero-order valence-corrected chi connectivity index (χ0v) is 41.1. The van der Waals surface area contributed by atoms with Gasteiger partial charge in [0, 0.05) is 51.2 Å². The van der Waals surface area contributed by atoms with Crippen molar-refractivity contribution in [3.63, 3.8) is 0 Å². The van der Waals surface area contributed by atoms with Gasteiger partial charge in [0.05, 0.1) is 46.5 Å². The van der Waals surface area contributed by atoms with Crippen LogP contribution < -0.4 is 10.6 Å². The molecule has 3 heterocycles. The van der Waals surface area contributed by atoms with Gasteiger partial charge in [-0.05, 0) is 104 Å². The molecule has 17 atom stereocenters. The molecule has 3 aliphatic heterocycles. The molecule has 0 unspecified atom stereocenters. The van der Waals surface area contributed by atoms with Gasteiger partial charge in [0.25, 0.3) is 0 Å². The highest BCUT2D eigenvalue weighted by atomic mass is 35.5. The van der Waals surface area contributed by atoms with Crippen LogP contribution in [0, 0.1) is 23.2 Å². The van der Waals surface area contributed by atoms with Gasteiger partial charge in [-0.15, -0.1) is 0 Å². The van der Waals surface area contributed by atoms with Crippen molar-refractivity contribution in [3.05, 3.63) is 33.8 Å². The van der Waals surface area contributed by atoms with Gasteiger partial charge in [-0.1, -0.05) is 63.9 Å². The van der Waals surface area contributed by atoms with Crippen LogP contribution in [0.15, 0.2) is 18.2 Å². The van der Waals surface area contributed by atoms with E-state index in [1.54, 1.807) is 32.9 Å². The molecular formula is C46H79Cl2N3O11. The molecule has 1 aromatic rings. The van der Waals surface area contributed by atoms with Crippen molar-refractivity contribution in [1.82, 2.24) is 15.5 Å². The number of hydrogen-bond acceptors (Lipinski definition) is 14. The largest absolute Gasteiger partial charge is 0.459 e. The number of carbonyl (C=O) groups excluding carboxylic acids is 1. The van der Waals surface area contributed by atoms with E-state index < -0.39 is 95.1 Å². The number of nitrogens with one attached hydrogen (secondary N) is 2. The number of carbonyl (C=O) groups is 1. The molecular weight excluding hydrogens is 841 g/mol. The Kier molecular flexibility index (Phi) is 18.6. The second-order valence-electron chi connectivity index (χ2n) is 20.0. The van der Waals surface area contributed by atoms with Crippen molar-refractivity contribution in [1.29, 1.82) is 0 Å². The molecule has 14 nitrogen and oxygen atoms in total. The Bertz CT molecular complexity index is 1610. The molecule has 3 saturated heterocycles. The molecule has 0 saturated carbocycles. The second-order valence-corrected chi connectivity index (χ2v) is 20.8. The van der Waals surface area contributed by atoms with E-state index in [9.17, 15) is 25.2 Å². The number of rotatable bonds is 11. The maximum Gasteiger partial charge on any atom is 0.311 e. The zero-order valence-electron chi connectivity index (χ0n) is 39.6. The number of halogens is 2. The molecule has 0 radical (unpaired) electrons. The van der Waals surface area contributed by atoms with Gasteiger partial charge in [-0.25, -0.2) is 0 Å². The van der Waals surface area contributed by atoms with E-state index in [1.807, 2.05) is 52.8 Å². The Balaban J connectivity index is 1.75. The minimum Gasteiger partial charge on any atom is -0.459 e. The number of methoxy groups -OCH3 is 1. The molecule has 3 aliphatic rings. The first kappa shape index (κ1) is 53.4. The Hall–Kier alpha value is -1.21. The summed E-state index contributed by atoms with van der Waals surface area (Å²) in [6.07, 6.45) is -6.29. The predicted molar refractivity (Wildman–Crippen MR) is 240 cm³/mol. The summed E-state index contributed by atoms with van der Waals surface area (Å²) in [6, 6.07) is 5.05. The number of aliphatic hydroxyl groups is 4. The van der Waals surface area contributed by atoms with Gasteiger partial charge in [-0.3, -0.25) is 4.79 Å². The van der Waals surface area contributed by atoms with Crippen LogP contribution in [0.1, 0.15) is 107 Å². The van der Waals surface area contributed by atoms with Crippen molar-refractivity contribution < 1.29 is 53.6 Å². The highest BCUT2D eigenvalue weighted by Gasteiger charge is 2.58. The van der Waals surface area contributed by atoms with Crippen LogP contribution in [-0.4, -0.2) is 150 Å². The fourth-order valence-corrected chi connectivity index (χ4v) is 10.5. The van der Waals surface area contributed by atoms with E-state index >= 15 is 0 Å². The van der Waals surface area contributed by atoms with Gasteiger partial charge in [0.1, 0.15) is 29.0 Å². The third-order valence-electron chi connectivity index (χ3n) is 14.2. The van der Waals surface area contributed by atoms with Crippen LogP contribution in [0.4, 0.5) is 0 Å². The summed E-state index contributed by atoms with van der Waals surface area (Å²) in [7, 11) is 5.39. The molecule has 3 fully saturated rings. The number of ether oxygens (including phenoxy) is 6. The van der Waals surface area contributed by atoms with Crippen LogP contribution in [0.25, 0.3) is 0 Å². The van der Waals surface area contributed by atoms with Crippen LogP contribution in [-0.2, 0) is 39.8 Å².